The van der Waals surface area contributed by atoms with Crippen LogP contribution in [0.1, 0.15) is 16.7 Å². The molecule has 0 aliphatic heterocycles. The van der Waals surface area contributed by atoms with Gasteiger partial charge in [-0.3, -0.25) is 0 Å². The molecule has 2 aromatic carbocycles. The molecule has 2 N–H and O–H groups in total. The molecule has 0 bridgehead atoms. The van der Waals surface area contributed by atoms with Gasteiger partial charge in [-0.1, -0.05) is 35.9 Å². The van der Waals surface area contributed by atoms with Crippen LogP contribution in [0.3, 0.4) is 0 Å². The minimum Gasteiger partial charge on any atom is -0.433 e. The predicted molar refractivity (Wildman–Crippen MR) is 84.8 cm³/mol. The van der Waals surface area contributed by atoms with Crippen molar-refractivity contribution in [2.75, 3.05) is 5.32 Å². The second-order valence-electron chi connectivity index (χ2n) is 5.11. The Kier molecular flexibility index (Phi) is 5.51. The van der Waals surface area contributed by atoms with Gasteiger partial charge in [-0.2, -0.15) is 8.78 Å². The number of amides is 2. The number of carbonyl (C=O) groups is 1. The van der Waals surface area contributed by atoms with Crippen molar-refractivity contribution in [3.63, 3.8) is 0 Å². The van der Waals surface area contributed by atoms with Crippen LogP contribution in [-0.4, -0.2) is 12.6 Å². The molecule has 0 saturated carbocycles. The number of para-hydroxylation sites is 2. The lowest BCUT2D eigenvalue weighted by molar-refractivity contribution is -0.0493. The number of alkyl halides is 2. The average Bonchev–Trinajstić information content (AvgIpc) is 2.48. The summed E-state index contributed by atoms with van der Waals surface area (Å²) >= 11 is 0. The van der Waals surface area contributed by atoms with E-state index < -0.39 is 12.6 Å². The van der Waals surface area contributed by atoms with Crippen LogP contribution >= 0.6 is 0 Å². The van der Waals surface area contributed by atoms with E-state index in [0.29, 0.717) is 6.54 Å². The lowest BCUT2D eigenvalue weighted by atomic mass is 10.1. The van der Waals surface area contributed by atoms with Crippen LogP contribution in [0.4, 0.5) is 19.3 Å². The third-order valence-electron chi connectivity index (χ3n) is 3.29. The first-order chi connectivity index (χ1) is 11.0. The molecule has 23 heavy (non-hydrogen) atoms. The molecular formula is C17H18F2N2O2. The van der Waals surface area contributed by atoms with E-state index in [1.165, 1.54) is 12.1 Å². The second-order valence-corrected chi connectivity index (χ2v) is 5.11. The molecule has 0 radical (unpaired) electrons. The molecule has 2 amide bonds. The Balaban J connectivity index is 1.97. The monoisotopic (exact) mass is 320 g/mol. The first kappa shape index (κ1) is 16.7. The molecule has 0 atom stereocenters. The van der Waals surface area contributed by atoms with Gasteiger partial charge >= 0.3 is 12.6 Å². The zero-order valence-electron chi connectivity index (χ0n) is 12.9. The van der Waals surface area contributed by atoms with E-state index in [0.717, 1.165) is 16.7 Å². The summed E-state index contributed by atoms with van der Waals surface area (Å²) in [6.07, 6.45) is 0. The summed E-state index contributed by atoms with van der Waals surface area (Å²) in [6.45, 7) is 1.36. The minimum absolute atomic E-state index is 0.0795. The van der Waals surface area contributed by atoms with Gasteiger partial charge in [0.25, 0.3) is 0 Å². The van der Waals surface area contributed by atoms with Gasteiger partial charge in [0.2, 0.25) is 0 Å². The van der Waals surface area contributed by atoms with Crippen molar-refractivity contribution < 1.29 is 18.3 Å². The standard InChI is InChI=1S/C17H18F2N2O2/c1-11-7-8-13(12(2)9-11)10-20-17(22)21-14-5-3-4-6-15(14)23-16(18)19/h3-9,16H,10H2,1-2H3,(H2,20,21,22). The molecule has 122 valence electrons. The number of hydrogen-bond donors (Lipinski definition) is 2. The maximum absolute atomic E-state index is 12.3. The van der Waals surface area contributed by atoms with E-state index in [-0.39, 0.29) is 11.4 Å². The van der Waals surface area contributed by atoms with Crippen LogP contribution in [0, 0.1) is 13.8 Å². The summed E-state index contributed by atoms with van der Waals surface area (Å²) in [5.74, 6) is -0.0795. The van der Waals surface area contributed by atoms with E-state index >= 15 is 0 Å². The maximum Gasteiger partial charge on any atom is 0.387 e. The van der Waals surface area contributed by atoms with Crippen LogP contribution in [0.15, 0.2) is 42.5 Å². The van der Waals surface area contributed by atoms with E-state index in [4.69, 9.17) is 0 Å². The van der Waals surface area contributed by atoms with Gasteiger partial charge in [-0.05, 0) is 37.1 Å². The number of anilines is 1. The minimum atomic E-state index is -2.95. The molecule has 0 spiro atoms. The number of halogens is 2. The number of hydrogen-bond acceptors (Lipinski definition) is 2. The van der Waals surface area contributed by atoms with Crippen molar-refractivity contribution in [2.24, 2.45) is 0 Å². The lowest BCUT2D eigenvalue weighted by Crippen LogP contribution is -2.28. The zero-order valence-corrected chi connectivity index (χ0v) is 12.9. The SMILES string of the molecule is Cc1ccc(CNC(=O)Nc2ccccc2OC(F)F)c(C)c1. The van der Waals surface area contributed by atoms with Crippen LogP contribution in [-0.2, 0) is 6.54 Å². The van der Waals surface area contributed by atoms with Gasteiger partial charge in [-0.15, -0.1) is 0 Å². The first-order valence-electron chi connectivity index (χ1n) is 7.10. The molecule has 0 aliphatic rings. The van der Waals surface area contributed by atoms with E-state index in [1.54, 1.807) is 12.1 Å². The Morgan fingerprint density at radius 2 is 1.91 bits per heavy atom. The number of ether oxygens (including phenoxy) is 1. The van der Waals surface area contributed by atoms with Crippen molar-refractivity contribution in [1.29, 1.82) is 0 Å². The van der Waals surface area contributed by atoms with Gasteiger partial charge < -0.3 is 15.4 Å². The van der Waals surface area contributed by atoms with Gasteiger partial charge in [-0.25, -0.2) is 4.79 Å². The maximum atomic E-state index is 12.3. The van der Waals surface area contributed by atoms with Crippen molar-refractivity contribution >= 4 is 11.7 Å². The highest BCUT2D eigenvalue weighted by Crippen LogP contribution is 2.25. The summed E-state index contributed by atoms with van der Waals surface area (Å²) in [5, 5.41) is 5.20. The third-order valence-corrected chi connectivity index (χ3v) is 3.29. The normalized spacial score (nSPS) is 10.5. The smallest absolute Gasteiger partial charge is 0.387 e. The number of rotatable bonds is 5. The molecule has 2 aromatic rings. The van der Waals surface area contributed by atoms with E-state index in [1.807, 2.05) is 32.0 Å². The fraction of sp³-hybridized carbons (Fsp3) is 0.235. The fourth-order valence-corrected chi connectivity index (χ4v) is 2.15. The van der Waals surface area contributed by atoms with Crippen LogP contribution in [0.25, 0.3) is 0 Å². The summed E-state index contributed by atoms with van der Waals surface area (Å²) < 4.78 is 29.0. The predicted octanol–water partition coefficient (Wildman–Crippen LogP) is 4.23. The molecule has 0 fully saturated rings. The molecule has 0 unspecified atom stereocenters. The van der Waals surface area contributed by atoms with Crippen LogP contribution < -0.4 is 15.4 Å². The average molecular weight is 320 g/mol. The van der Waals surface area contributed by atoms with Gasteiger partial charge in [0, 0.05) is 6.54 Å². The zero-order chi connectivity index (χ0) is 16.8. The third kappa shape index (κ3) is 4.95. The van der Waals surface area contributed by atoms with Gasteiger partial charge in [0.05, 0.1) is 5.69 Å². The van der Waals surface area contributed by atoms with Crippen molar-refractivity contribution in [3.8, 4) is 5.75 Å². The van der Waals surface area contributed by atoms with Crippen molar-refractivity contribution in [3.05, 3.63) is 59.2 Å². The largest absolute Gasteiger partial charge is 0.433 e. The highest BCUT2D eigenvalue weighted by molar-refractivity contribution is 5.90. The molecular weight excluding hydrogens is 302 g/mol. The molecule has 0 aliphatic carbocycles. The second kappa shape index (κ2) is 7.58. The Labute approximate surface area is 133 Å². The molecule has 4 nitrogen and oxygen atoms in total. The number of carbonyl (C=O) groups excluding carboxylic acids is 1. The Morgan fingerprint density at radius 3 is 2.61 bits per heavy atom. The molecule has 0 heterocycles. The summed E-state index contributed by atoms with van der Waals surface area (Å²) in [5.41, 5.74) is 3.40. The van der Waals surface area contributed by atoms with Crippen molar-refractivity contribution in [2.45, 2.75) is 27.0 Å². The first-order valence-corrected chi connectivity index (χ1v) is 7.10. The number of urea groups is 1. The van der Waals surface area contributed by atoms with Crippen LogP contribution in [0.2, 0.25) is 0 Å². The molecule has 0 aromatic heterocycles. The molecule has 0 saturated heterocycles. The van der Waals surface area contributed by atoms with Gasteiger partial charge in [0.15, 0.2) is 0 Å². The summed E-state index contributed by atoms with van der Waals surface area (Å²) in [7, 11) is 0. The van der Waals surface area contributed by atoms with E-state index in [9.17, 15) is 13.6 Å². The highest BCUT2D eigenvalue weighted by atomic mass is 19.3. The number of aryl methyl sites for hydroxylation is 2. The van der Waals surface area contributed by atoms with Crippen LogP contribution in [0.5, 0.6) is 5.75 Å². The topological polar surface area (TPSA) is 50.4 Å². The van der Waals surface area contributed by atoms with E-state index in [2.05, 4.69) is 15.4 Å². The summed E-state index contributed by atoms with van der Waals surface area (Å²) in [6, 6.07) is 11.5. The Hall–Kier alpha value is -2.63. The summed E-state index contributed by atoms with van der Waals surface area (Å²) in [4.78, 5) is 11.9. The number of benzene rings is 2. The lowest BCUT2D eigenvalue weighted by Gasteiger charge is -2.13. The van der Waals surface area contributed by atoms with Gasteiger partial charge in [0.1, 0.15) is 5.75 Å². The molecule has 6 heteroatoms. The highest BCUT2D eigenvalue weighted by Gasteiger charge is 2.11. The Morgan fingerprint density at radius 1 is 1.17 bits per heavy atom. The molecule has 2 rings (SSSR count). The fourth-order valence-electron chi connectivity index (χ4n) is 2.15. The quantitative estimate of drug-likeness (QED) is 0.866. The Bertz CT molecular complexity index is 690. The van der Waals surface area contributed by atoms with Crippen molar-refractivity contribution in [1.82, 2.24) is 5.32 Å². The number of nitrogens with one attached hydrogen (secondary N) is 2.